The molecule has 0 atom stereocenters. The van der Waals surface area contributed by atoms with Gasteiger partial charge >= 0.3 is 5.51 Å². The van der Waals surface area contributed by atoms with Crippen molar-refractivity contribution in [3.05, 3.63) is 54.1 Å². The molecule has 3 aromatic rings. The lowest BCUT2D eigenvalue weighted by Crippen LogP contribution is -2.30. The standard InChI is InChI=1S/C15H11NOS.CHF3O3S/c1-16-12-8-4-2-6-10(12)14(15(17)18)11-7-3-5-9-13(11)16;2-1(3,4)8(5,6)7/h2-9H,1H3;(H,5,6,7). The lowest BCUT2D eigenvalue weighted by molar-refractivity contribution is -0.617. The first-order valence-corrected chi connectivity index (χ1v) is 8.85. The number of pyridine rings is 1. The Bertz CT molecular complexity index is 1040. The zero-order valence-corrected chi connectivity index (χ0v) is 14.9. The maximum atomic E-state index is 11.8. The lowest BCUT2D eigenvalue weighted by Gasteiger charge is -2.08. The van der Waals surface area contributed by atoms with Crippen LogP contribution in [0.15, 0.2) is 48.5 Å². The first kappa shape index (κ1) is 20.1. The summed E-state index contributed by atoms with van der Waals surface area (Å²) in [6, 6.07) is 15.8. The summed E-state index contributed by atoms with van der Waals surface area (Å²) in [4.78, 5) is 11.8. The fourth-order valence-electron chi connectivity index (χ4n) is 2.46. The molecule has 3 rings (SSSR count). The number of hydrogen-bond acceptors (Lipinski definition) is 4. The third-order valence-corrected chi connectivity index (χ3v) is 4.36. The van der Waals surface area contributed by atoms with Crippen LogP contribution in [0.1, 0.15) is 10.4 Å². The van der Waals surface area contributed by atoms with E-state index in [2.05, 4.69) is 17.2 Å². The summed E-state index contributed by atoms with van der Waals surface area (Å²) >= 11 is 4.03. The highest BCUT2D eigenvalue weighted by Gasteiger charge is 2.36. The SMILES string of the molecule is C[n+]1c2ccccc2c(C(=O)S)c2ccccc21.O=S(=O)([O-])C(F)(F)F. The molecule has 2 aromatic carbocycles. The van der Waals surface area contributed by atoms with Gasteiger partial charge < -0.3 is 4.55 Å². The molecule has 0 spiro atoms. The van der Waals surface area contributed by atoms with Crippen LogP contribution in [-0.2, 0) is 17.2 Å². The fourth-order valence-corrected chi connectivity index (χ4v) is 2.70. The summed E-state index contributed by atoms with van der Waals surface area (Å²) in [7, 11) is -4.08. The van der Waals surface area contributed by atoms with E-state index in [0.717, 1.165) is 21.8 Å². The number of para-hydroxylation sites is 2. The van der Waals surface area contributed by atoms with Gasteiger partial charge in [0.25, 0.3) is 0 Å². The van der Waals surface area contributed by atoms with Gasteiger partial charge in [0.05, 0.1) is 16.3 Å². The van der Waals surface area contributed by atoms with E-state index in [4.69, 9.17) is 13.0 Å². The highest BCUT2D eigenvalue weighted by atomic mass is 32.2. The molecule has 0 radical (unpaired) electrons. The minimum absolute atomic E-state index is 0.192. The zero-order valence-electron chi connectivity index (χ0n) is 13.2. The van der Waals surface area contributed by atoms with Crippen molar-refractivity contribution in [1.82, 2.24) is 0 Å². The van der Waals surface area contributed by atoms with E-state index in [-0.39, 0.29) is 5.12 Å². The lowest BCUT2D eigenvalue weighted by atomic mass is 10.0. The van der Waals surface area contributed by atoms with Crippen LogP contribution in [-0.4, -0.2) is 23.6 Å². The number of aryl methyl sites for hydroxylation is 1. The quantitative estimate of drug-likeness (QED) is 0.223. The van der Waals surface area contributed by atoms with E-state index in [0.29, 0.717) is 5.56 Å². The molecule has 0 bridgehead atoms. The Morgan fingerprint density at radius 2 is 1.35 bits per heavy atom. The molecule has 0 aliphatic carbocycles. The van der Waals surface area contributed by atoms with E-state index in [1.165, 1.54) is 0 Å². The largest absolute Gasteiger partial charge is 0.741 e. The van der Waals surface area contributed by atoms with Crippen LogP contribution in [0, 0.1) is 0 Å². The topological polar surface area (TPSA) is 78.1 Å². The molecule has 1 heterocycles. The molecular weight excluding hydrogens is 391 g/mol. The Balaban J connectivity index is 0.000000260. The van der Waals surface area contributed by atoms with Gasteiger partial charge in [-0.1, -0.05) is 24.3 Å². The first-order valence-electron chi connectivity index (χ1n) is 7.00. The van der Waals surface area contributed by atoms with E-state index >= 15 is 0 Å². The van der Waals surface area contributed by atoms with E-state index in [1.54, 1.807) is 0 Å². The van der Waals surface area contributed by atoms with Crippen molar-refractivity contribution in [2.75, 3.05) is 0 Å². The van der Waals surface area contributed by atoms with E-state index < -0.39 is 15.6 Å². The number of aromatic nitrogens is 1. The van der Waals surface area contributed by atoms with E-state index in [9.17, 15) is 18.0 Å². The Labute approximate surface area is 152 Å². The van der Waals surface area contributed by atoms with Gasteiger partial charge in [-0.25, -0.2) is 8.42 Å². The van der Waals surface area contributed by atoms with Gasteiger partial charge in [-0.05, 0) is 12.1 Å². The molecule has 138 valence electrons. The minimum Gasteiger partial charge on any atom is -0.741 e. The van der Waals surface area contributed by atoms with Crippen LogP contribution in [0.5, 0.6) is 0 Å². The van der Waals surface area contributed by atoms with Crippen LogP contribution in [0.25, 0.3) is 21.8 Å². The highest BCUT2D eigenvalue weighted by Crippen LogP contribution is 2.25. The van der Waals surface area contributed by atoms with Crippen LogP contribution in [0.4, 0.5) is 13.2 Å². The Morgan fingerprint density at radius 3 is 1.65 bits per heavy atom. The summed E-state index contributed by atoms with van der Waals surface area (Å²) in [6.45, 7) is 0. The maximum absolute atomic E-state index is 11.8. The summed E-state index contributed by atoms with van der Waals surface area (Å²) in [6.07, 6.45) is 0. The van der Waals surface area contributed by atoms with Crippen molar-refractivity contribution < 1.29 is 35.5 Å². The molecule has 0 saturated heterocycles. The van der Waals surface area contributed by atoms with Crippen LogP contribution in [0.3, 0.4) is 0 Å². The third-order valence-electron chi connectivity index (χ3n) is 3.57. The number of rotatable bonds is 1. The first-order chi connectivity index (χ1) is 11.9. The van der Waals surface area contributed by atoms with E-state index in [1.807, 2.05) is 55.6 Å². The second kappa shape index (κ2) is 7.22. The minimum atomic E-state index is -6.09. The highest BCUT2D eigenvalue weighted by molar-refractivity contribution is 7.97. The molecule has 0 N–H and O–H groups in total. The van der Waals surface area contributed by atoms with Crippen molar-refractivity contribution in [2.24, 2.45) is 7.05 Å². The van der Waals surface area contributed by atoms with Crippen molar-refractivity contribution >= 4 is 49.7 Å². The van der Waals surface area contributed by atoms with Crippen LogP contribution >= 0.6 is 12.6 Å². The number of nitrogens with zero attached hydrogens (tertiary/aromatic N) is 1. The number of hydrogen-bond donors (Lipinski definition) is 1. The normalized spacial score (nSPS) is 11.9. The maximum Gasteiger partial charge on any atom is 0.485 e. The van der Waals surface area contributed by atoms with Crippen LogP contribution in [0.2, 0.25) is 0 Å². The summed E-state index contributed by atoms with van der Waals surface area (Å²) in [5.74, 6) is 0. The molecule has 0 unspecified atom stereocenters. The molecule has 5 nitrogen and oxygen atoms in total. The second-order valence-corrected chi connectivity index (χ2v) is 6.95. The molecule has 10 heteroatoms. The van der Waals surface area contributed by atoms with Crippen molar-refractivity contribution in [1.29, 1.82) is 0 Å². The zero-order chi connectivity index (χ0) is 19.7. The second-order valence-electron chi connectivity index (χ2n) is 5.17. The van der Waals surface area contributed by atoms with Crippen molar-refractivity contribution in [2.45, 2.75) is 5.51 Å². The number of fused-ring (bicyclic) bond motifs is 2. The summed E-state index contributed by atoms with van der Waals surface area (Å²) in [5.41, 5.74) is -2.89. The molecule has 26 heavy (non-hydrogen) atoms. The van der Waals surface area contributed by atoms with Crippen LogP contribution < -0.4 is 4.57 Å². The fraction of sp³-hybridized carbons (Fsp3) is 0.125. The Hall–Kier alpha value is -2.17. The average Bonchev–Trinajstić information content (AvgIpc) is 2.54. The van der Waals surface area contributed by atoms with Gasteiger partial charge in [0.15, 0.2) is 10.1 Å². The Kier molecular flexibility index (Phi) is 5.59. The summed E-state index contributed by atoms with van der Waals surface area (Å²) in [5, 5.41) is 1.69. The number of alkyl halides is 3. The molecular formula is C16H12F3NO4S2. The molecule has 0 fully saturated rings. The average molecular weight is 403 g/mol. The number of halogens is 3. The predicted octanol–water partition coefficient (Wildman–Crippen LogP) is 2.94. The van der Waals surface area contributed by atoms with Crippen molar-refractivity contribution in [3.63, 3.8) is 0 Å². The number of carbonyl (C=O) groups is 1. The molecule has 0 aliphatic rings. The van der Waals surface area contributed by atoms with Gasteiger partial charge in [0.1, 0.15) is 7.05 Å². The van der Waals surface area contributed by atoms with Gasteiger partial charge in [0.2, 0.25) is 16.1 Å². The van der Waals surface area contributed by atoms with Gasteiger partial charge in [-0.2, -0.15) is 17.7 Å². The molecule has 1 aromatic heterocycles. The van der Waals surface area contributed by atoms with Gasteiger partial charge in [-0.3, -0.25) is 4.79 Å². The molecule has 0 saturated carbocycles. The molecule has 0 amide bonds. The monoisotopic (exact) mass is 403 g/mol. The van der Waals surface area contributed by atoms with Crippen molar-refractivity contribution in [3.8, 4) is 0 Å². The smallest absolute Gasteiger partial charge is 0.485 e. The number of carbonyl (C=O) groups excluding carboxylic acids is 1. The number of benzene rings is 2. The summed E-state index contributed by atoms with van der Waals surface area (Å²) < 4.78 is 61.0. The van der Waals surface area contributed by atoms with Gasteiger partial charge in [-0.15, -0.1) is 12.6 Å². The number of thiol groups is 1. The Morgan fingerprint density at radius 1 is 1.00 bits per heavy atom. The third kappa shape index (κ3) is 3.97. The molecule has 0 aliphatic heterocycles. The predicted molar refractivity (Wildman–Crippen MR) is 91.7 cm³/mol. The van der Waals surface area contributed by atoms with Gasteiger partial charge in [0, 0.05) is 12.1 Å².